The number of hydrogen-bond acceptors (Lipinski definition) is 2. The molecule has 1 aromatic rings. The summed E-state index contributed by atoms with van der Waals surface area (Å²) in [7, 11) is 0. The summed E-state index contributed by atoms with van der Waals surface area (Å²) in [5.74, 6) is -0.332. The van der Waals surface area contributed by atoms with Gasteiger partial charge in [0.05, 0.1) is 0 Å². The lowest BCUT2D eigenvalue weighted by Gasteiger charge is -2.29. The van der Waals surface area contributed by atoms with Crippen molar-refractivity contribution in [2.75, 3.05) is 0 Å². The molecule has 0 aromatic heterocycles. The highest BCUT2D eigenvalue weighted by Crippen LogP contribution is 2.30. The van der Waals surface area contributed by atoms with E-state index in [-0.39, 0.29) is 11.7 Å². The van der Waals surface area contributed by atoms with Gasteiger partial charge in [-0.2, -0.15) is 0 Å². The van der Waals surface area contributed by atoms with Gasteiger partial charge in [0.2, 0.25) is 0 Å². The second-order valence-corrected chi connectivity index (χ2v) is 3.84. The average molecular weight is 192 g/mol. The van der Waals surface area contributed by atoms with Crippen LogP contribution in [0.3, 0.4) is 0 Å². The Hall–Kier alpha value is -1.15. The topological polar surface area (TPSA) is 37.3 Å². The van der Waals surface area contributed by atoms with Crippen LogP contribution in [-0.4, -0.2) is 10.9 Å². The summed E-state index contributed by atoms with van der Waals surface area (Å²) < 4.78 is 0. The SMILES string of the molecule is CC(=O)C(O)(c1ccccc1)C(C)C. The van der Waals surface area contributed by atoms with E-state index in [1.807, 2.05) is 32.0 Å². The molecular formula is C12H16O2. The summed E-state index contributed by atoms with van der Waals surface area (Å²) >= 11 is 0. The Balaban J connectivity index is 3.20. The molecule has 0 radical (unpaired) electrons. The van der Waals surface area contributed by atoms with E-state index in [0.717, 1.165) is 0 Å². The number of carbonyl (C=O) groups excluding carboxylic acids is 1. The lowest BCUT2D eigenvalue weighted by atomic mass is 9.80. The number of rotatable bonds is 3. The molecule has 1 atom stereocenters. The first-order valence-electron chi connectivity index (χ1n) is 4.78. The molecule has 1 unspecified atom stereocenters. The van der Waals surface area contributed by atoms with Crippen LogP contribution in [0.1, 0.15) is 26.3 Å². The number of benzene rings is 1. The minimum atomic E-state index is -1.35. The molecule has 0 saturated carbocycles. The van der Waals surface area contributed by atoms with Gasteiger partial charge in [-0.15, -0.1) is 0 Å². The maximum Gasteiger partial charge on any atom is 0.166 e. The van der Waals surface area contributed by atoms with Crippen molar-refractivity contribution < 1.29 is 9.90 Å². The van der Waals surface area contributed by atoms with Crippen LogP contribution < -0.4 is 0 Å². The van der Waals surface area contributed by atoms with Gasteiger partial charge in [0.25, 0.3) is 0 Å². The number of hydrogen-bond donors (Lipinski definition) is 1. The first-order valence-corrected chi connectivity index (χ1v) is 4.78. The van der Waals surface area contributed by atoms with Crippen LogP contribution in [0.4, 0.5) is 0 Å². The van der Waals surface area contributed by atoms with Crippen molar-refractivity contribution >= 4 is 5.78 Å². The van der Waals surface area contributed by atoms with Gasteiger partial charge in [0.1, 0.15) is 5.60 Å². The molecule has 0 spiro atoms. The van der Waals surface area contributed by atoms with E-state index in [1.54, 1.807) is 12.1 Å². The zero-order valence-corrected chi connectivity index (χ0v) is 8.82. The highest BCUT2D eigenvalue weighted by Gasteiger charge is 2.37. The predicted octanol–water partition coefficient (Wildman–Crippen LogP) is 2.12. The molecule has 0 amide bonds. The molecule has 0 heterocycles. The normalized spacial score (nSPS) is 15.2. The molecule has 0 aliphatic carbocycles. The van der Waals surface area contributed by atoms with Gasteiger partial charge in [-0.05, 0) is 18.4 Å². The molecule has 0 fully saturated rings. The van der Waals surface area contributed by atoms with Gasteiger partial charge in [0.15, 0.2) is 5.78 Å². The molecule has 14 heavy (non-hydrogen) atoms. The minimum Gasteiger partial charge on any atom is -0.377 e. The van der Waals surface area contributed by atoms with E-state index in [4.69, 9.17) is 0 Å². The molecule has 1 aromatic carbocycles. The zero-order chi connectivity index (χ0) is 10.8. The van der Waals surface area contributed by atoms with Crippen molar-refractivity contribution in [1.29, 1.82) is 0 Å². The van der Waals surface area contributed by atoms with Crippen molar-refractivity contribution in [3.63, 3.8) is 0 Å². The smallest absolute Gasteiger partial charge is 0.166 e. The van der Waals surface area contributed by atoms with Gasteiger partial charge in [-0.25, -0.2) is 0 Å². The quantitative estimate of drug-likeness (QED) is 0.796. The molecule has 76 valence electrons. The third kappa shape index (κ3) is 1.70. The van der Waals surface area contributed by atoms with Crippen LogP contribution in [-0.2, 0) is 10.4 Å². The Morgan fingerprint density at radius 1 is 1.29 bits per heavy atom. The van der Waals surface area contributed by atoms with Crippen molar-refractivity contribution in [3.05, 3.63) is 35.9 Å². The van der Waals surface area contributed by atoms with Crippen LogP contribution in [0.2, 0.25) is 0 Å². The second-order valence-electron chi connectivity index (χ2n) is 3.84. The molecule has 0 aliphatic heterocycles. The maximum atomic E-state index is 11.5. The molecule has 2 heteroatoms. The van der Waals surface area contributed by atoms with Crippen LogP contribution in [0.25, 0.3) is 0 Å². The molecule has 0 saturated heterocycles. The fraction of sp³-hybridized carbons (Fsp3) is 0.417. The Labute approximate surface area is 84.6 Å². The van der Waals surface area contributed by atoms with Crippen LogP contribution in [0, 0.1) is 5.92 Å². The summed E-state index contributed by atoms with van der Waals surface area (Å²) in [6.07, 6.45) is 0. The van der Waals surface area contributed by atoms with E-state index in [0.29, 0.717) is 5.56 Å². The summed E-state index contributed by atoms with van der Waals surface area (Å²) in [4.78, 5) is 11.5. The van der Waals surface area contributed by atoms with Crippen LogP contribution in [0.15, 0.2) is 30.3 Å². The maximum absolute atomic E-state index is 11.5. The zero-order valence-electron chi connectivity index (χ0n) is 8.82. The fourth-order valence-electron chi connectivity index (χ4n) is 1.64. The first-order chi connectivity index (χ1) is 6.49. The van der Waals surface area contributed by atoms with Gasteiger partial charge < -0.3 is 5.11 Å². The van der Waals surface area contributed by atoms with E-state index in [2.05, 4.69) is 0 Å². The highest BCUT2D eigenvalue weighted by atomic mass is 16.3. The van der Waals surface area contributed by atoms with Gasteiger partial charge in [-0.1, -0.05) is 44.2 Å². The second kappa shape index (κ2) is 3.93. The van der Waals surface area contributed by atoms with Crippen LogP contribution >= 0.6 is 0 Å². The molecule has 2 nitrogen and oxygen atoms in total. The Bertz CT molecular complexity index is 316. The van der Waals surface area contributed by atoms with Crippen molar-refractivity contribution in [1.82, 2.24) is 0 Å². The van der Waals surface area contributed by atoms with Gasteiger partial charge in [-0.3, -0.25) is 4.79 Å². The molecule has 1 rings (SSSR count). The third-order valence-electron chi connectivity index (χ3n) is 2.59. The summed E-state index contributed by atoms with van der Waals surface area (Å²) in [6.45, 7) is 5.11. The monoisotopic (exact) mass is 192 g/mol. The summed E-state index contributed by atoms with van der Waals surface area (Å²) in [6, 6.07) is 9.07. The van der Waals surface area contributed by atoms with Crippen molar-refractivity contribution in [2.24, 2.45) is 5.92 Å². The number of Topliss-reactive ketones (excluding diaryl/α,β-unsaturated/α-hetero) is 1. The van der Waals surface area contributed by atoms with Gasteiger partial charge >= 0.3 is 0 Å². The Morgan fingerprint density at radius 2 is 1.79 bits per heavy atom. The van der Waals surface area contributed by atoms with Gasteiger partial charge in [0, 0.05) is 0 Å². The number of carbonyl (C=O) groups is 1. The van der Waals surface area contributed by atoms with Crippen molar-refractivity contribution in [3.8, 4) is 0 Å². The first kappa shape index (κ1) is 10.9. The standard InChI is InChI=1S/C12H16O2/c1-9(2)12(14,10(3)13)11-7-5-4-6-8-11/h4-9,14H,1-3H3. The average Bonchev–Trinajstić information content (AvgIpc) is 2.17. The van der Waals surface area contributed by atoms with Crippen LogP contribution in [0.5, 0.6) is 0 Å². The predicted molar refractivity (Wildman–Crippen MR) is 55.9 cm³/mol. The molecule has 0 aliphatic rings. The fourth-order valence-corrected chi connectivity index (χ4v) is 1.64. The van der Waals surface area contributed by atoms with Crippen molar-refractivity contribution in [2.45, 2.75) is 26.4 Å². The number of aliphatic hydroxyl groups is 1. The Morgan fingerprint density at radius 3 is 2.14 bits per heavy atom. The molecular weight excluding hydrogens is 176 g/mol. The van der Waals surface area contributed by atoms with E-state index < -0.39 is 5.60 Å². The molecule has 0 bridgehead atoms. The lowest BCUT2D eigenvalue weighted by molar-refractivity contribution is -0.141. The minimum absolute atomic E-state index is 0.123. The lowest BCUT2D eigenvalue weighted by Crippen LogP contribution is -2.39. The largest absolute Gasteiger partial charge is 0.377 e. The third-order valence-corrected chi connectivity index (χ3v) is 2.59. The van der Waals surface area contributed by atoms with E-state index in [9.17, 15) is 9.90 Å². The van der Waals surface area contributed by atoms with E-state index >= 15 is 0 Å². The summed E-state index contributed by atoms with van der Waals surface area (Å²) in [5, 5.41) is 10.3. The number of ketones is 1. The van der Waals surface area contributed by atoms with E-state index in [1.165, 1.54) is 6.92 Å². The Kier molecular flexibility index (Phi) is 3.06. The highest BCUT2D eigenvalue weighted by molar-refractivity contribution is 5.86. The molecule has 1 N–H and O–H groups in total. The summed E-state index contributed by atoms with van der Waals surface area (Å²) in [5.41, 5.74) is -0.677.